The lowest BCUT2D eigenvalue weighted by molar-refractivity contribution is 0.287. The summed E-state index contributed by atoms with van der Waals surface area (Å²) in [5, 5.41) is 0. The van der Waals surface area contributed by atoms with Crippen LogP contribution in [-0.4, -0.2) is 0 Å². The Hall–Kier alpha value is -1.87. The fourth-order valence-corrected chi connectivity index (χ4v) is 2.03. The Kier molecular flexibility index (Phi) is 4.74. The maximum Gasteiger partial charge on any atom is 0.165 e. The van der Waals surface area contributed by atoms with Gasteiger partial charge >= 0.3 is 0 Å². The van der Waals surface area contributed by atoms with Gasteiger partial charge in [-0.05, 0) is 23.1 Å². The van der Waals surface area contributed by atoms with Gasteiger partial charge in [0.1, 0.15) is 6.61 Å². The molecule has 0 spiro atoms. The van der Waals surface area contributed by atoms with E-state index in [4.69, 9.17) is 10.5 Å². The van der Waals surface area contributed by atoms with Crippen LogP contribution in [0.15, 0.2) is 42.5 Å². The molecule has 20 heavy (non-hydrogen) atoms. The molecule has 0 aliphatic heterocycles. The molecule has 0 aromatic heterocycles. The second-order valence-corrected chi connectivity index (χ2v) is 5.12. The van der Waals surface area contributed by atoms with Crippen LogP contribution in [0.25, 0.3) is 0 Å². The SMILES string of the molecule is CC(C)c1ccc(COc2c(F)cccc2CN)cc1. The number of hydrogen-bond donors (Lipinski definition) is 1. The highest BCUT2D eigenvalue weighted by Gasteiger charge is 2.09. The smallest absolute Gasteiger partial charge is 0.165 e. The molecule has 3 heteroatoms. The molecule has 0 saturated heterocycles. The molecular formula is C17H20FNO. The summed E-state index contributed by atoms with van der Waals surface area (Å²) in [4.78, 5) is 0. The molecule has 2 aromatic rings. The number of para-hydroxylation sites is 1. The van der Waals surface area contributed by atoms with Crippen LogP contribution in [-0.2, 0) is 13.2 Å². The molecule has 2 rings (SSSR count). The number of hydrogen-bond acceptors (Lipinski definition) is 2. The average molecular weight is 273 g/mol. The van der Waals surface area contributed by atoms with Crippen molar-refractivity contribution < 1.29 is 9.13 Å². The van der Waals surface area contributed by atoms with Crippen LogP contribution < -0.4 is 10.5 Å². The van der Waals surface area contributed by atoms with Gasteiger partial charge in [0.2, 0.25) is 0 Å². The van der Waals surface area contributed by atoms with E-state index in [1.165, 1.54) is 11.6 Å². The molecule has 0 aliphatic rings. The molecule has 0 fully saturated rings. The van der Waals surface area contributed by atoms with Gasteiger partial charge in [0.15, 0.2) is 11.6 Å². The molecule has 0 aliphatic carbocycles. The summed E-state index contributed by atoms with van der Waals surface area (Å²) in [6.45, 7) is 4.91. The Balaban J connectivity index is 2.09. The van der Waals surface area contributed by atoms with Crippen LogP contribution in [0.5, 0.6) is 5.75 Å². The summed E-state index contributed by atoms with van der Waals surface area (Å²) in [6.07, 6.45) is 0. The first kappa shape index (κ1) is 14.5. The van der Waals surface area contributed by atoms with Crippen LogP contribution in [0.4, 0.5) is 4.39 Å². The number of benzene rings is 2. The maximum atomic E-state index is 13.7. The van der Waals surface area contributed by atoms with Crippen molar-refractivity contribution in [2.24, 2.45) is 5.73 Å². The van der Waals surface area contributed by atoms with Crippen molar-refractivity contribution in [2.75, 3.05) is 0 Å². The van der Waals surface area contributed by atoms with Gasteiger partial charge in [-0.25, -0.2) is 4.39 Å². The molecule has 2 aromatic carbocycles. The van der Waals surface area contributed by atoms with Gasteiger partial charge < -0.3 is 10.5 Å². The van der Waals surface area contributed by atoms with E-state index < -0.39 is 0 Å². The molecular weight excluding hydrogens is 253 g/mol. The maximum absolute atomic E-state index is 13.7. The van der Waals surface area contributed by atoms with Gasteiger partial charge in [0.25, 0.3) is 0 Å². The third-order valence-corrected chi connectivity index (χ3v) is 3.30. The lowest BCUT2D eigenvalue weighted by Gasteiger charge is -2.12. The average Bonchev–Trinajstić information content (AvgIpc) is 2.46. The summed E-state index contributed by atoms with van der Waals surface area (Å²) in [5.74, 6) is 0.384. The van der Waals surface area contributed by atoms with Crippen molar-refractivity contribution in [3.8, 4) is 5.75 Å². The molecule has 0 atom stereocenters. The first-order chi connectivity index (χ1) is 9.61. The van der Waals surface area contributed by atoms with Crippen molar-refractivity contribution in [1.29, 1.82) is 0 Å². The van der Waals surface area contributed by atoms with Gasteiger partial charge in [0, 0.05) is 12.1 Å². The molecule has 0 bridgehead atoms. The van der Waals surface area contributed by atoms with E-state index in [2.05, 4.69) is 26.0 Å². The van der Waals surface area contributed by atoms with Crippen LogP contribution in [0.3, 0.4) is 0 Å². The second-order valence-electron chi connectivity index (χ2n) is 5.12. The number of halogens is 1. The third kappa shape index (κ3) is 3.36. The predicted octanol–water partition coefficient (Wildman–Crippen LogP) is 3.99. The lowest BCUT2D eigenvalue weighted by Crippen LogP contribution is -2.04. The number of ether oxygens (including phenoxy) is 1. The zero-order valence-corrected chi connectivity index (χ0v) is 11.9. The molecule has 2 N–H and O–H groups in total. The Bertz CT molecular complexity index is 564. The predicted molar refractivity (Wildman–Crippen MR) is 79.2 cm³/mol. The molecule has 0 unspecified atom stereocenters. The van der Waals surface area contributed by atoms with E-state index in [1.807, 2.05) is 12.1 Å². The lowest BCUT2D eigenvalue weighted by atomic mass is 10.0. The molecule has 106 valence electrons. The van der Waals surface area contributed by atoms with E-state index in [9.17, 15) is 4.39 Å². The molecule has 0 heterocycles. The van der Waals surface area contributed by atoms with Crippen LogP contribution in [0.1, 0.15) is 36.5 Å². The quantitative estimate of drug-likeness (QED) is 0.894. The monoisotopic (exact) mass is 273 g/mol. The zero-order chi connectivity index (χ0) is 14.5. The van der Waals surface area contributed by atoms with E-state index >= 15 is 0 Å². The molecule has 0 radical (unpaired) electrons. The van der Waals surface area contributed by atoms with E-state index in [0.29, 0.717) is 18.1 Å². The second kappa shape index (κ2) is 6.53. The minimum Gasteiger partial charge on any atom is -0.485 e. The minimum atomic E-state index is -0.369. The summed E-state index contributed by atoms with van der Waals surface area (Å²) < 4.78 is 19.3. The van der Waals surface area contributed by atoms with Crippen LogP contribution in [0, 0.1) is 5.82 Å². The van der Waals surface area contributed by atoms with Gasteiger partial charge in [-0.1, -0.05) is 50.2 Å². The highest BCUT2D eigenvalue weighted by molar-refractivity contribution is 5.35. The van der Waals surface area contributed by atoms with Crippen LogP contribution >= 0.6 is 0 Å². The van der Waals surface area contributed by atoms with Gasteiger partial charge in [-0.3, -0.25) is 0 Å². The first-order valence-corrected chi connectivity index (χ1v) is 6.81. The number of nitrogens with two attached hydrogens (primary N) is 1. The van der Waals surface area contributed by atoms with E-state index in [1.54, 1.807) is 12.1 Å². The Morgan fingerprint density at radius 1 is 1.10 bits per heavy atom. The Morgan fingerprint density at radius 2 is 1.80 bits per heavy atom. The van der Waals surface area contributed by atoms with Crippen LogP contribution in [0.2, 0.25) is 0 Å². The third-order valence-electron chi connectivity index (χ3n) is 3.30. The molecule has 0 amide bonds. The van der Waals surface area contributed by atoms with Gasteiger partial charge in [0.05, 0.1) is 0 Å². The summed E-state index contributed by atoms with van der Waals surface area (Å²) in [5.41, 5.74) is 8.57. The van der Waals surface area contributed by atoms with Crippen molar-refractivity contribution >= 4 is 0 Å². The van der Waals surface area contributed by atoms with Gasteiger partial charge in [-0.2, -0.15) is 0 Å². The Labute approximate surface area is 119 Å². The standard InChI is InChI=1S/C17H20FNO/c1-12(2)14-8-6-13(7-9-14)11-20-17-15(10-19)4-3-5-16(17)18/h3-9,12H,10-11,19H2,1-2H3. The van der Waals surface area contributed by atoms with E-state index in [-0.39, 0.29) is 18.1 Å². The fraction of sp³-hybridized carbons (Fsp3) is 0.294. The normalized spacial score (nSPS) is 10.8. The van der Waals surface area contributed by atoms with E-state index in [0.717, 1.165) is 5.56 Å². The Morgan fingerprint density at radius 3 is 2.40 bits per heavy atom. The topological polar surface area (TPSA) is 35.2 Å². The first-order valence-electron chi connectivity index (χ1n) is 6.81. The summed E-state index contributed by atoms with van der Waals surface area (Å²) >= 11 is 0. The molecule has 2 nitrogen and oxygen atoms in total. The van der Waals surface area contributed by atoms with Crippen molar-refractivity contribution in [3.05, 3.63) is 65.0 Å². The zero-order valence-electron chi connectivity index (χ0n) is 11.9. The summed E-state index contributed by atoms with van der Waals surface area (Å²) in [7, 11) is 0. The van der Waals surface area contributed by atoms with Crippen molar-refractivity contribution in [1.82, 2.24) is 0 Å². The fourth-order valence-electron chi connectivity index (χ4n) is 2.03. The highest BCUT2D eigenvalue weighted by Crippen LogP contribution is 2.23. The largest absolute Gasteiger partial charge is 0.485 e. The summed E-state index contributed by atoms with van der Waals surface area (Å²) in [6, 6.07) is 13.0. The highest BCUT2D eigenvalue weighted by atomic mass is 19.1. The molecule has 0 saturated carbocycles. The van der Waals surface area contributed by atoms with Gasteiger partial charge in [-0.15, -0.1) is 0 Å². The van der Waals surface area contributed by atoms with Crippen molar-refractivity contribution in [2.45, 2.75) is 32.9 Å². The van der Waals surface area contributed by atoms with Crippen molar-refractivity contribution in [3.63, 3.8) is 0 Å². The minimum absolute atomic E-state index is 0.253. The number of rotatable bonds is 5.